The van der Waals surface area contributed by atoms with Crippen molar-refractivity contribution in [3.8, 4) is 11.5 Å². The first-order valence-electron chi connectivity index (χ1n) is 9.85. The molecule has 0 aliphatic carbocycles. The van der Waals surface area contributed by atoms with E-state index < -0.39 is 6.04 Å². The summed E-state index contributed by atoms with van der Waals surface area (Å²) in [5.41, 5.74) is 3.74. The largest absolute Gasteiger partial charge is 0.497 e. The van der Waals surface area contributed by atoms with Crippen LogP contribution in [0.1, 0.15) is 22.7 Å². The molecule has 1 atom stereocenters. The van der Waals surface area contributed by atoms with E-state index in [2.05, 4.69) is 5.32 Å². The summed E-state index contributed by atoms with van der Waals surface area (Å²) in [6.07, 6.45) is 0. The number of methoxy groups -OCH3 is 2. The molecule has 3 aromatic rings. The third kappa shape index (κ3) is 5.19. The second-order valence-corrected chi connectivity index (χ2v) is 7.27. The number of rotatable bonds is 8. The van der Waals surface area contributed by atoms with Crippen molar-refractivity contribution in [1.29, 1.82) is 0 Å². The van der Waals surface area contributed by atoms with Gasteiger partial charge in [-0.05, 0) is 54.9 Å². The zero-order chi connectivity index (χ0) is 21.5. The Labute approximate surface area is 178 Å². The van der Waals surface area contributed by atoms with Gasteiger partial charge in [0.15, 0.2) is 0 Å². The van der Waals surface area contributed by atoms with Crippen LogP contribution in [0.25, 0.3) is 0 Å². The lowest BCUT2D eigenvalue weighted by Crippen LogP contribution is -2.34. The maximum Gasteiger partial charge on any atom is 0.246 e. The van der Waals surface area contributed by atoms with Crippen LogP contribution in [0.5, 0.6) is 11.5 Å². The molecule has 1 unspecified atom stereocenters. The first kappa shape index (κ1) is 21.4. The first-order valence-corrected chi connectivity index (χ1v) is 9.85. The second kappa shape index (κ2) is 9.94. The number of nitrogens with one attached hydrogen (secondary N) is 1. The van der Waals surface area contributed by atoms with Gasteiger partial charge >= 0.3 is 0 Å². The zero-order valence-corrected chi connectivity index (χ0v) is 17.9. The van der Waals surface area contributed by atoms with Crippen LogP contribution in [0.2, 0.25) is 0 Å². The predicted octanol–water partition coefficient (Wildman–Crippen LogP) is 4.82. The number of likely N-dealkylation sites (N-methyl/N-ethyl adjacent to an activating group) is 1. The van der Waals surface area contributed by atoms with E-state index in [1.165, 1.54) is 0 Å². The van der Waals surface area contributed by atoms with Crippen molar-refractivity contribution < 1.29 is 14.3 Å². The standard InChI is InChI=1S/C25H28N2O3/c1-18-10-15-23(30-4)22(16-18)26-25(28)24(20-8-6-5-7-9-20)27(2)17-19-11-13-21(29-3)14-12-19/h5-16,24H,17H2,1-4H3,(H,26,28). The van der Waals surface area contributed by atoms with Crippen LogP contribution in [0.15, 0.2) is 72.8 Å². The summed E-state index contributed by atoms with van der Waals surface area (Å²) in [6, 6.07) is 23.0. The van der Waals surface area contributed by atoms with E-state index in [1.54, 1.807) is 14.2 Å². The quantitative estimate of drug-likeness (QED) is 0.585. The number of anilines is 1. The minimum absolute atomic E-state index is 0.110. The highest BCUT2D eigenvalue weighted by Crippen LogP contribution is 2.29. The highest BCUT2D eigenvalue weighted by Gasteiger charge is 2.26. The summed E-state index contributed by atoms with van der Waals surface area (Å²) >= 11 is 0. The molecule has 1 amide bonds. The molecule has 0 fully saturated rings. The SMILES string of the molecule is COc1ccc(CN(C)C(C(=O)Nc2cc(C)ccc2OC)c2ccccc2)cc1. The van der Waals surface area contributed by atoms with E-state index in [-0.39, 0.29) is 5.91 Å². The molecule has 5 nitrogen and oxygen atoms in total. The molecule has 0 aliphatic rings. The second-order valence-electron chi connectivity index (χ2n) is 7.27. The van der Waals surface area contributed by atoms with Gasteiger partial charge in [-0.3, -0.25) is 9.69 Å². The number of amides is 1. The smallest absolute Gasteiger partial charge is 0.246 e. The average Bonchev–Trinajstić information content (AvgIpc) is 2.75. The van der Waals surface area contributed by atoms with Crippen LogP contribution < -0.4 is 14.8 Å². The van der Waals surface area contributed by atoms with E-state index in [4.69, 9.17) is 9.47 Å². The fourth-order valence-electron chi connectivity index (χ4n) is 3.47. The molecule has 0 aliphatic heterocycles. The Kier molecular flexibility index (Phi) is 7.09. The van der Waals surface area contributed by atoms with Gasteiger partial charge in [0, 0.05) is 6.54 Å². The molecular weight excluding hydrogens is 376 g/mol. The number of nitrogens with zero attached hydrogens (tertiary/aromatic N) is 1. The van der Waals surface area contributed by atoms with E-state index in [0.717, 1.165) is 22.4 Å². The lowest BCUT2D eigenvalue weighted by atomic mass is 10.0. The van der Waals surface area contributed by atoms with Crippen molar-refractivity contribution >= 4 is 11.6 Å². The lowest BCUT2D eigenvalue weighted by molar-refractivity contribution is -0.121. The zero-order valence-electron chi connectivity index (χ0n) is 17.9. The molecular formula is C25H28N2O3. The number of hydrogen-bond donors (Lipinski definition) is 1. The van der Waals surface area contributed by atoms with Crippen LogP contribution in [0, 0.1) is 6.92 Å². The third-order valence-electron chi connectivity index (χ3n) is 5.01. The number of aryl methyl sites for hydroxylation is 1. The molecule has 0 spiro atoms. The Bertz CT molecular complexity index is 971. The van der Waals surface area contributed by atoms with Crippen LogP contribution >= 0.6 is 0 Å². The topological polar surface area (TPSA) is 50.8 Å². The molecule has 1 N–H and O–H groups in total. The molecule has 0 heterocycles. The summed E-state index contributed by atoms with van der Waals surface area (Å²) in [5, 5.41) is 3.06. The van der Waals surface area contributed by atoms with Crippen molar-refractivity contribution in [2.45, 2.75) is 19.5 Å². The first-order chi connectivity index (χ1) is 14.5. The fraction of sp³-hybridized carbons (Fsp3) is 0.240. The molecule has 3 rings (SSSR count). The maximum absolute atomic E-state index is 13.4. The van der Waals surface area contributed by atoms with E-state index in [1.807, 2.05) is 91.7 Å². The number of carbonyl (C=O) groups excluding carboxylic acids is 1. The fourth-order valence-corrected chi connectivity index (χ4v) is 3.47. The Hall–Kier alpha value is -3.31. The molecule has 30 heavy (non-hydrogen) atoms. The van der Waals surface area contributed by atoms with Gasteiger partial charge in [0.25, 0.3) is 0 Å². The van der Waals surface area contributed by atoms with Crippen LogP contribution in [-0.4, -0.2) is 32.1 Å². The van der Waals surface area contributed by atoms with Gasteiger partial charge in [0.2, 0.25) is 5.91 Å². The van der Waals surface area contributed by atoms with Gasteiger partial charge in [-0.1, -0.05) is 48.5 Å². The van der Waals surface area contributed by atoms with Crippen LogP contribution in [0.3, 0.4) is 0 Å². The molecule has 0 bridgehead atoms. The highest BCUT2D eigenvalue weighted by atomic mass is 16.5. The van der Waals surface area contributed by atoms with Gasteiger partial charge < -0.3 is 14.8 Å². The minimum atomic E-state index is -0.460. The monoisotopic (exact) mass is 404 g/mol. The minimum Gasteiger partial charge on any atom is -0.497 e. The van der Waals surface area contributed by atoms with Crippen molar-refractivity contribution in [2.24, 2.45) is 0 Å². The molecule has 0 saturated carbocycles. The number of hydrogen-bond acceptors (Lipinski definition) is 4. The summed E-state index contributed by atoms with van der Waals surface area (Å²) in [6.45, 7) is 2.60. The summed E-state index contributed by atoms with van der Waals surface area (Å²) in [5.74, 6) is 1.34. The van der Waals surface area contributed by atoms with Gasteiger partial charge in [0.05, 0.1) is 19.9 Å². The molecule has 0 radical (unpaired) electrons. The molecule has 0 saturated heterocycles. The Morgan fingerprint density at radius 3 is 2.30 bits per heavy atom. The number of benzene rings is 3. The van der Waals surface area contributed by atoms with Gasteiger partial charge in [-0.2, -0.15) is 0 Å². The van der Waals surface area contributed by atoms with Crippen LogP contribution in [-0.2, 0) is 11.3 Å². The predicted molar refractivity (Wildman–Crippen MR) is 120 cm³/mol. The van der Waals surface area contributed by atoms with Crippen LogP contribution in [0.4, 0.5) is 5.69 Å². The normalized spacial score (nSPS) is 11.8. The Morgan fingerprint density at radius 2 is 1.67 bits per heavy atom. The number of ether oxygens (including phenoxy) is 2. The molecule has 3 aromatic carbocycles. The lowest BCUT2D eigenvalue weighted by Gasteiger charge is -2.28. The Balaban J connectivity index is 1.86. The van der Waals surface area contributed by atoms with Gasteiger partial charge in [-0.15, -0.1) is 0 Å². The highest BCUT2D eigenvalue weighted by molar-refractivity contribution is 5.96. The summed E-state index contributed by atoms with van der Waals surface area (Å²) in [4.78, 5) is 15.4. The third-order valence-corrected chi connectivity index (χ3v) is 5.01. The number of carbonyl (C=O) groups is 1. The van der Waals surface area contributed by atoms with Crippen molar-refractivity contribution in [1.82, 2.24) is 4.90 Å². The molecule has 5 heteroatoms. The maximum atomic E-state index is 13.4. The summed E-state index contributed by atoms with van der Waals surface area (Å²) in [7, 11) is 5.20. The summed E-state index contributed by atoms with van der Waals surface area (Å²) < 4.78 is 10.7. The molecule has 0 aromatic heterocycles. The molecule has 156 valence electrons. The van der Waals surface area contributed by atoms with E-state index in [0.29, 0.717) is 18.0 Å². The Morgan fingerprint density at radius 1 is 0.967 bits per heavy atom. The van der Waals surface area contributed by atoms with Crippen molar-refractivity contribution in [3.05, 3.63) is 89.5 Å². The van der Waals surface area contributed by atoms with Crippen molar-refractivity contribution in [2.75, 3.05) is 26.6 Å². The van der Waals surface area contributed by atoms with Crippen molar-refractivity contribution in [3.63, 3.8) is 0 Å². The average molecular weight is 405 g/mol. The van der Waals surface area contributed by atoms with E-state index >= 15 is 0 Å². The van der Waals surface area contributed by atoms with E-state index in [9.17, 15) is 4.79 Å². The van der Waals surface area contributed by atoms with Gasteiger partial charge in [0.1, 0.15) is 17.5 Å². The van der Waals surface area contributed by atoms with Gasteiger partial charge in [-0.25, -0.2) is 0 Å².